The molecule has 2 aliphatic rings. The molecule has 0 unspecified atom stereocenters. The molecule has 0 bridgehead atoms. The van der Waals surface area contributed by atoms with Gasteiger partial charge in [0.25, 0.3) is 6.01 Å². The fraction of sp³-hybridized carbons (Fsp3) is 0.222. The number of hydrogen-bond donors (Lipinski definition) is 3. The quantitative estimate of drug-likeness (QED) is 0.478. The highest BCUT2D eigenvalue weighted by Crippen LogP contribution is 2.39. The maximum atomic E-state index is 13.2. The molecule has 0 amide bonds. The minimum atomic E-state index is -4.53. The number of aromatic nitrogens is 1. The average molecular weight is 476 g/mol. The maximum absolute atomic E-state index is 13.2. The summed E-state index contributed by atoms with van der Waals surface area (Å²) in [6.07, 6.45) is 0. The Morgan fingerprint density at radius 1 is 1.06 bits per heavy atom. The smallest absolute Gasteiger partial charge is 0.293 e. The second-order valence-electron chi connectivity index (χ2n) is 7.25. The number of hydrogen-bond acceptors (Lipinski definition) is 11. The number of azo groups is 1. The monoisotopic (exact) mass is 475 g/mol. The highest BCUT2D eigenvalue weighted by Gasteiger charge is 2.39. The number of fused-ring (bicyclic) bond motifs is 1. The molecular weight excluding hydrogens is 458 g/mol. The Kier molecular flexibility index (Phi) is 4.63. The zero-order valence-corrected chi connectivity index (χ0v) is 18.0. The summed E-state index contributed by atoms with van der Waals surface area (Å²) in [7, 11) is -8.54. The minimum Gasteiger partial charge on any atom is -0.424 e. The van der Waals surface area contributed by atoms with E-state index in [9.17, 15) is 16.8 Å². The van der Waals surface area contributed by atoms with Crippen LogP contribution in [0.25, 0.3) is 22.2 Å². The lowest BCUT2D eigenvalue weighted by atomic mass is 9.97. The van der Waals surface area contributed by atoms with Crippen LogP contribution in [-0.4, -0.2) is 52.7 Å². The summed E-state index contributed by atoms with van der Waals surface area (Å²) >= 11 is 0. The van der Waals surface area contributed by atoms with Crippen LogP contribution in [-0.2, 0) is 19.9 Å². The van der Waals surface area contributed by atoms with E-state index < -0.39 is 34.9 Å². The van der Waals surface area contributed by atoms with Gasteiger partial charge in [0.15, 0.2) is 27.9 Å². The van der Waals surface area contributed by atoms with Gasteiger partial charge in [-0.25, -0.2) is 27.0 Å². The zero-order chi connectivity index (χ0) is 22.7. The number of rotatable bonds is 5. The molecule has 0 atom stereocenters. The van der Waals surface area contributed by atoms with Crippen LogP contribution >= 0.6 is 0 Å². The third kappa shape index (κ3) is 3.19. The van der Waals surface area contributed by atoms with Crippen molar-refractivity contribution in [3.05, 3.63) is 35.9 Å². The second kappa shape index (κ2) is 7.16. The van der Waals surface area contributed by atoms with E-state index in [0.717, 1.165) is 0 Å². The number of oxazole rings is 1. The number of para-hydroxylation sites is 1. The van der Waals surface area contributed by atoms with E-state index in [4.69, 9.17) is 15.3 Å². The van der Waals surface area contributed by atoms with Crippen molar-refractivity contribution in [2.24, 2.45) is 20.4 Å². The first-order valence-electron chi connectivity index (χ1n) is 9.40. The summed E-state index contributed by atoms with van der Waals surface area (Å²) in [5.74, 6) is -0.0405. The molecule has 5 rings (SSSR count). The number of nitrogen functional groups attached to an aromatic ring is 1. The molecule has 1 aromatic heterocycles. The van der Waals surface area contributed by atoms with Gasteiger partial charge in [-0.1, -0.05) is 18.2 Å². The molecule has 3 heterocycles. The number of nitrogens with two attached hydrogens (primary N) is 2. The Labute approximate surface area is 182 Å². The predicted molar refractivity (Wildman–Crippen MR) is 115 cm³/mol. The number of benzene rings is 2. The van der Waals surface area contributed by atoms with Gasteiger partial charge in [0.05, 0.1) is 15.7 Å². The van der Waals surface area contributed by atoms with Crippen molar-refractivity contribution in [3.63, 3.8) is 0 Å². The zero-order valence-electron chi connectivity index (χ0n) is 16.4. The number of sulfonamides is 1. The van der Waals surface area contributed by atoms with Crippen molar-refractivity contribution in [1.29, 1.82) is 0 Å². The van der Waals surface area contributed by atoms with Crippen LogP contribution in [0.4, 0.5) is 6.01 Å². The van der Waals surface area contributed by atoms with Crippen molar-refractivity contribution in [2.75, 3.05) is 25.5 Å². The van der Waals surface area contributed by atoms with Gasteiger partial charge in [0.2, 0.25) is 10.0 Å². The Balaban J connectivity index is 1.90. The fourth-order valence-corrected chi connectivity index (χ4v) is 6.90. The van der Waals surface area contributed by atoms with Gasteiger partial charge in [-0.15, -0.1) is 5.11 Å². The Hall–Kier alpha value is -3.20. The normalized spacial score (nSPS) is 17.0. The first kappa shape index (κ1) is 20.7. The molecule has 12 nitrogen and oxygen atoms in total. The van der Waals surface area contributed by atoms with E-state index in [-0.39, 0.29) is 37.2 Å². The molecule has 2 aliphatic heterocycles. The van der Waals surface area contributed by atoms with Crippen LogP contribution in [0.3, 0.4) is 0 Å². The van der Waals surface area contributed by atoms with Crippen LogP contribution in [0.15, 0.2) is 59.8 Å². The van der Waals surface area contributed by atoms with Gasteiger partial charge in [-0.2, -0.15) is 10.1 Å². The summed E-state index contributed by atoms with van der Waals surface area (Å²) in [6.45, 7) is 0.396. The molecule has 0 aliphatic carbocycles. The summed E-state index contributed by atoms with van der Waals surface area (Å²) in [5, 5.41) is 15.4. The average Bonchev–Trinajstić information content (AvgIpc) is 3.32. The summed E-state index contributed by atoms with van der Waals surface area (Å²) in [6, 6.07) is 7.64. The number of aliphatic imine (C=N–C) groups is 1. The Morgan fingerprint density at radius 2 is 1.84 bits per heavy atom. The third-order valence-corrected chi connectivity index (χ3v) is 8.58. The van der Waals surface area contributed by atoms with Gasteiger partial charge < -0.3 is 15.5 Å². The second-order valence-corrected chi connectivity index (χ2v) is 10.9. The van der Waals surface area contributed by atoms with E-state index in [2.05, 4.69) is 25.5 Å². The van der Waals surface area contributed by atoms with E-state index in [1.807, 2.05) is 0 Å². The Morgan fingerprint density at radius 3 is 2.47 bits per heavy atom. The van der Waals surface area contributed by atoms with Gasteiger partial charge in [0.1, 0.15) is 10.4 Å². The maximum Gasteiger partial charge on any atom is 0.293 e. The number of sulfone groups is 1. The lowest BCUT2D eigenvalue weighted by molar-refractivity contribution is 0.493. The summed E-state index contributed by atoms with van der Waals surface area (Å²) in [5.41, 5.74) is 7.12. The molecule has 0 radical (unpaired) electrons. The van der Waals surface area contributed by atoms with Crippen molar-refractivity contribution < 1.29 is 21.3 Å². The predicted octanol–water partition coefficient (Wildman–Crippen LogP) is 0.640. The first-order chi connectivity index (χ1) is 15.2. The number of amidine groups is 1. The van der Waals surface area contributed by atoms with Crippen LogP contribution in [0.1, 0.15) is 5.56 Å². The number of primary sulfonamides is 1. The SMILES string of the molecule is Nc1nc2c(-c3ccc(S(=O)(=O)C4CNC4)c(S(N)(=O)=O)c3C3=NCN=N3)cccc2o1. The van der Waals surface area contributed by atoms with E-state index in [1.165, 1.54) is 12.1 Å². The summed E-state index contributed by atoms with van der Waals surface area (Å²) < 4.78 is 57.4. The molecule has 1 saturated heterocycles. The van der Waals surface area contributed by atoms with E-state index in [1.54, 1.807) is 18.2 Å². The number of nitrogens with zero attached hydrogens (tertiary/aromatic N) is 4. The molecule has 0 saturated carbocycles. The molecule has 0 spiro atoms. The molecule has 5 N–H and O–H groups in total. The highest BCUT2D eigenvalue weighted by molar-refractivity contribution is 7.94. The molecular formula is C18H17N7O5S2. The number of anilines is 1. The van der Waals surface area contributed by atoms with Crippen molar-refractivity contribution in [3.8, 4) is 11.1 Å². The van der Waals surface area contributed by atoms with E-state index in [0.29, 0.717) is 22.2 Å². The van der Waals surface area contributed by atoms with Crippen LogP contribution in [0, 0.1) is 0 Å². The molecule has 166 valence electrons. The van der Waals surface area contributed by atoms with Crippen LogP contribution < -0.4 is 16.2 Å². The largest absolute Gasteiger partial charge is 0.424 e. The molecule has 3 aromatic rings. The van der Waals surface area contributed by atoms with Gasteiger partial charge in [0, 0.05) is 18.7 Å². The van der Waals surface area contributed by atoms with Gasteiger partial charge in [-0.3, -0.25) is 0 Å². The third-order valence-electron chi connectivity index (χ3n) is 5.29. The van der Waals surface area contributed by atoms with Crippen molar-refractivity contribution in [1.82, 2.24) is 10.3 Å². The highest BCUT2D eigenvalue weighted by atomic mass is 32.2. The lowest BCUT2D eigenvalue weighted by Crippen LogP contribution is -2.51. The molecule has 1 fully saturated rings. The summed E-state index contributed by atoms with van der Waals surface area (Å²) in [4.78, 5) is 7.35. The van der Waals surface area contributed by atoms with Crippen molar-refractivity contribution in [2.45, 2.75) is 15.0 Å². The fourth-order valence-electron chi connectivity index (χ4n) is 3.72. The van der Waals surface area contributed by atoms with Gasteiger partial charge >= 0.3 is 0 Å². The molecule has 2 aromatic carbocycles. The molecule has 14 heteroatoms. The van der Waals surface area contributed by atoms with Gasteiger partial charge in [-0.05, 0) is 17.7 Å². The van der Waals surface area contributed by atoms with Crippen molar-refractivity contribution >= 4 is 42.8 Å². The first-order valence-corrected chi connectivity index (χ1v) is 12.5. The Bertz CT molecular complexity index is 1540. The van der Waals surface area contributed by atoms with Crippen LogP contribution in [0.5, 0.6) is 0 Å². The lowest BCUT2D eigenvalue weighted by Gasteiger charge is -2.28. The molecule has 32 heavy (non-hydrogen) atoms. The topological polar surface area (TPSA) is 195 Å². The van der Waals surface area contributed by atoms with Crippen LogP contribution in [0.2, 0.25) is 0 Å². The standard InChI is InChI=1S/C18H17N7O5S2/c19-18-24-15-11(2-1-3-12(15)30-18)10-4-5-13(31(26,27)9-6-21-7-9)16(32(20,28)29)14(10)17-22-8-23-25-17/h1-5,9,21H,6-8H2,(H2,19,24)(H2,20,28,29). The number of nitrogens with one attached hydrogen (secondary N) is 1. The minimum absolute atomic E-state index is 0.0243. The van der Waals surface area contributed by atoms with E-state index >= 15 is 0 Å².